The lowest BCUT2D eigenvalue weighted by atomic mass is 10.2. The Bertz CT molecular complexity index is 696. The van der Waals surface area contributed by atoms with Crippen molar-refractivity contribution in [1.29, 1.82) is 0 Å². The summed E-state index contributed by atoms with van der Waals surface area (Å²) in [6.45, 7) is 0. The molecule has 2 rings (SSSR count). The first-order valence-corrected chi connectivity index (χ1v) is 6.24. The summed E-state index contributed by atoms with van der Waals surface area (Å²) in [4.78, 5) is 22.2. The monoisotopic (exact) mass is 303 g/mol. The number of para-hydroxylation sites is 1. The van der Waals surface area contributed by atoms with Gasteiger partial charge in [0.25, 0.3) is 5.69 Å². The van der Waals surface area contributed by atoms with Crippen molar-refractivity contribution in [3.8, 4) is 17.2 Å². The average Bonchev–Trinajstić information content (AvgIpc) is 2.54. The highest BCUT2D eigenvalue weighted by atomic mass is 16.6. The van der Waals surface area contributed by atoms with Crippen LogP contribution in [0.25, 0.3) is 0 Å². The number of esters is 1. The van der Waals surface area contributed by atoms with Crippen LogP contribution in [0.4, 0.5) is 5.69 Å². The molecule has 0 atom stereocenters. The number of nitro benzene ring substituents is 1. The van der Waals surface area contributed by atoms with Crippen LogP contribution in [0.15, 0.2) is 42.5 Å². The molecule has 22 heavy (non-hydrogen) atoms. The largest absolute Gasteiger partial charge is 0.493 e. The van der Waals surface area contributed by atoms with Gasteiger partial charge in [0.1, 0.15) is 11.3 Å². The Morgan fingerprint density at radius 2 is 1.73 bits per heavy atom. The minimum absolute atomic E-state index is 0.0845. The molecule has 0 aliphatic heterocycles. The Hall–Kier alpha value is -3.09. The van der Waals surface area contributed by atoms with E-state index in [4.69, 9.17) is 14.2 Å². The molecule has 0 aromatic heterocycles. The molecule has 114 valence electrons. The molecule has 0 spiro atoms. The van der Waals surface area contributed by atoms with Gasteiger partial charge < -0.3 is 14.2 Å². The van der Waals surface area contributed by atoms with Gasteiger partial charge in [-0.05, 0) is 24.3 Å². The van der Waals surface area contributed by atoms with E-state index in [0.29, 0.717) is 5.75 Å². The van der Waals surface area contributed by atoms with Crippen molar-refractivity contribution in [3.63, 3.8) is 0 Å². The molecule has 0 N–H and O–H groups in total. The molecule has 0 aliphatic rings. The van der Waals surface area contributed by atoms with Gasteiger partial charge in [-0.2, -0.15) is 0 Å². The summed E-state index contributed by atoms with van der Waals surface area (Å²) in [6, 6.07) is 10.0. The predicted molar refractivity (Wildman–Crippen MR) is 77.6 cm³/mol. The zero-order valence-corrected chi connectivity index (χ0v) is 11.9. The molecule has 0 bridgehead atoms. The number of nitro groups is 1. The van der Waals surface area contributed by atoms with Crippen LogP contribution in [0.3, 0.4) is 0 Å². The fourth-order valence-corrected chi connectivity index (χ4v) is 1.85. The van der Waals surface area contributed by atoms with Gasteiger partial charge in [-0.3, -0.25) is 10.1 Å². The minimum Gasteiger partial charge on any atom is -0.493 e. The maximum atomic E-state index is 12.2. The molecule has 0 unspecified atom stereocenters. The third-order valence-electron chi connectivity index (χ3n) is 2.88. The fraction of sp³-hybridized carbons (Fsp3) is 0.133. The van der Waals surface area contributed by atoms with Gasteiger partial charge >= 0.3 is 5.97 Å². The number of hydrogen-bond donors (Lipinski definition) is 0. The number of ether oxygens (including phenoxy) is 3. The molecule has 0 aliphatic carbocycles. The van der Waals surface area contributed by atoms with E-state index in [1.807, 2.05) is 0 Å². The first-order valence-electron chi connectivity index (χ1n) is 6.24. The quantitative estimate of drug-likeness (QED) is 0.365. The second kappa shape index (κ2) is 6.57. The van der Waals surface area contributed by atoms with Gasteiger partial charge in [0.15, 0.2) is 11.5 Å². The Kier molecular flexibility index (Phi) is 4.57. The second-order valence-electron chi connectivity index (χ2n) is 4.18. The molecule has 7 nitrogen and oxygen atoms in total. The van der Waals surface area contributed by atoms with Gasteiger partial charge in [0.05, 0.1) is 19.1 Å². The number of benzene rings is 2. The minimum atomic E-state index is -0.649. The summed E-state index contributed by atoms with van der Waals surface area (Å²) >= 11 is 0. The predicted octanol–water partition coefficient (Wildman–Crippen LogP) is 2.83. The number of methoxy groups -OCH3 is 2. The van der Waals surface area contributed by atoms with Crippen LogP contribution < -0.4 is 14.2 Å². The van der Waals surface area contributed by atoms with E-state index >= 15 is 0 Å². The van der Waals surface area contributed by atoms with Crippen molar-refractivity contribution in [3.05, 3.63) is 58.1 Å². The van der Waals surface area contributed by atoms with Gasteiger partial charge in [-0.1, -0.05) is 6.07 Å². The van der Waals surface area contributed by atoms with Crippen LogP contribution in [-0.2, 0) is 0 Å². The summed E-state index contributed by atoms with van der Waals surface area (Å²) in [7, 11) is 2.88. The van der Waals surface area contributed by atoms with Crippen LogP contribution >= 0.6 is 0 Å². The Morgan fingerprint density at radius 1 is 1.05 bits per heavy atom. The lowest BCUT2D eigenvalue weighted by Gasteiger charge is -2.11. The standard InChI is InChI=1S/C15H13NO6/c1-20-13-5-3-4-12(14(13)21-2)15(17)22-11-8-6-10(7-9-11)16(18)19/h3-9H,1-2H3. The lowest BCUT2D eigenvalue weighted by molar-refractivity contribution is -0.384. The summed E-state index contributed by atoms with van der Waals surface area (Å²) in [5.74, 6) is 0.211. The van der Waals surface area contributed by atoms with E-state index in [9.17, 15) is 14.9 Å². The van der Waals surface area contributed by atoms with Crippen LogP contribution in [-0.4, -0.2) is 25.1 Å². The van der Waals surface area contributed by atoms with Crippen LogP contribution in [0.5, 0.6) is 17.2 Å². The number of nitrogens with zero attached hydrogens (tertiary/aromatic N) is 1. The number of hydrogen-bond acceptors (Lipinski definition) is 6. The maximum absolute atomic E-state index is 12.2. The van der Waals surface area contributed by atoms with E-state index in [0.717, 1.165) is 0 Å². The van der Waals surface area contributed by atoms with Gasteiger partial charge in [0, 0.05) is 12.1 Å². The molecule has 0 saturated heterocycles. The van der Waals surface area contributed by atoms with Crippen molar-refractivity contribution >= 4 is 11.7 Å². The van der Waals surface area contributed by atoms with E-state index in [2.05, 4.69) is 0 Å². The van der Waals surface area contributed by atoms with Crippen LogP contribution in [0, 0.1) is 10.1 Å². The van der Waals surface area contributed by atoms with Crippen molar-refractivity contribution in [1.82, 2.24) is 0 Å². The Labute approximate surface area is 126 Å². The number of rotatable bonds is 5. The van der Waals surface area contributed by atoms with E-state index in [-0.39, 0.29) is 22.7 Å². The molecule has 2 aromatic carbocycles. The number of carbonyl (C=O) groups is 1. The lowest BCUT2D eigenvalue weighted by Crippen LogP contribution is -2.10. The third-order valence-corrected chi connectivity index (χ3v) is 2.88. The van der Waals surface area contributed by atoms with E-state index in [1.54, 1.807) is 12.1 Å². The Morgan fingerprint density at radius 3 is 2.27 bits per heavy atom. The van der Waals surface area contributed by atoms with E-state index < -0.39 is 10.9 Å². The molecule has 0 heterocycles. The van der Waals surface area contributed by atoms with Gasteiger partial charge in [0.2, 0.25) is 0 Å². The highest BCUT2D eigenvalue weighted by Gasteiger charge is 2.18. The van der Waals surface area contributed by atoms with E-state index in [1.165, 1.54) is 44.6 Å². The molecule has 7 heteroatoms. The Balaban J connectivity index is 2.24. The summed E-state index contributed by atoms with van der Waals surface area (Å²) < 4.78 is 15.5. The molecule has 0 fully saturated rings. The fourth-order valence-electron chi connectivity index (χ4n) is 1.85. The smallest absolute Gasteiger partial charge is 0.347 e. The SMILES string of the molecule is COc1cccc(C(=O)Oc2ccc([N+](=O)[O-])cc2)c1OC. The van der Waals surface area contributed by atoms with Crippen molar-refractivity contribution in [2.75, 3.05) is 14.2 Å². The zero-order valence-electron chi connectivity index (χ0n) is 11.9. The zero-order chi connectivity index (χ0) is 16.1. The second-order valence-corrected chi connectivity index (χ2v) is 4.18. The highest BCUT2D eigenvalue weighted by molar-refractivity contribution is 5.95. The van der Waals surface area contributed by atoms with Crippen LogP contribution in [0.1, 0.15) is 10.4 Å². The van der Waals surface area contributed by atoms with Crippen molar-refractivity contribution in [2.45, 2.75) is 0 Å². The summed E-state index contributed by atoms with van der Waals surface area (Å²) in [6.07, 6.45) is 0. The number of non-ortho nitro benzene ring substituents is 1. The first-order chi connectivity index (χ1) is 10.6. The molecule has 0 amide bonds. The molecule has 0 radical (unpaired) electrons. The van der Waals surface area contributed by atoms with Crippen molar-refractivity contribution < 1.29 is 23.9 Å². The highest BCUT2D eigenvalue weighted by Crippen LogP contribution is 2.31. The van der Waals surface area contributed by atoms with Crippen molar-refractivity contribution in [2.24, 2.45) is 0 Å². The molecular formula is C15H13NO6. The van der Waals surface area contributed by atoms with Gasteiger partial charge in [-0.25, -0.2) is 4.79 Å². The summed E-state index contributed by atoms with van der Waals surface area (Å²) in [5, 5.41) is 10.6. The number of carbonyl (C=O) groups excluding carboxylic acids is 1. The molecule has 2 aromatic rings. The average molecular weight is 303 g/mol. The summed E-state index contributed by atoms with van der Waals surface area (Å²) in [5.41, 5.74) is 0.110. The third kappa shape index (κ3) is 3.14. The molecular weight excluding hydrogens is 290 g/mol. The van der Waals surface area contributed by atoms with Gasteiger partial charge in [-0.15, -0.1) is 0 Å². The molecule has 0 saturated carbocycles. The van der Waals surface area contributed by atoms with Crippen LogP contribution in [0.2, 0.25) is 0 Å². The maximum Gasteiger partial charge on any atom is 0.347 e. The topological polar surface area (TPSA) is 87.9 Å². The first kappa shape index (κ1) is 15.3. The normalized spacial score (nSPS) is 9.91.